The number of sulfonamides is 1. The van der Waals surface area contributed by atoms with Crippen LogP contribution in [0.25, 0.3) is 0 Å². The SMILES string of the molecule is CCC(C)CNS(=O)(=O)c1c(C)cc(F)c(N)c1C. The fourth-order valence-corrected chi connectivity index (χ4v) is 3.46. The predicted octanol–water partition coefficient (Wildman–Crippen LogP) is 2.35. The number of nitrogens with one attached hydrogen (secondary N) is 1. The van der Waals surface area contributed by atoms with E-state index in [2.05, 4.69) is 4.72 Å². The number of nitrogens with two attached hydrogens (primary N) is 1. The van der Waals surface area contributed by atoms with Gasteiger partial charge < -0.3 is 5.73 Å². The number of nitrogen functional groups attached to an aromatic ring is 1. The van der Waals surface area contributed by atoms with Crippen LogP contribution >= 0.6 is 0 Å². The van der Waals surface area contributed by atoms with E-state index in [1.165, 1.54) is 6.92 Å². The van der Waals surface area contributed by atoms with Crippen molar-refractivity contribution in [1.29, 1.82) is 0 Å². The van der Waals surface area contributed by atoms with Crippen molar-refractivity contribution in [3.63, 3.8) is 0 Å². The molecule has 0 aromatic heterocycles. The van der Waals surface area contributed by atoms with Gasteiger partial charge >= 0.3 is 0 Å². The standard InChI is InChI=1S/C13H21FN2O2S/c1-5-8(2)7-16-19(17,18)13-9(3)6-11(14)12(15)10(13)4/h6,8,16H,5,7,15H2,1-4H3. The van der Waals surface area contributed by atoms with Gasteiger partial charge in [0.1, 0.15) is 5.82 Å². The fraction of sp³-hybridized carbons (Fsp3) is 0.538. The van der Waals surface area contributed by atoms with Gasteiger partial charge in [-0.1, -0.05) is 20.3 Å². The van der Waals surface area contributed by atoms with Crippen LogP contribution in [0.1, 0.15) is 31.4 Å². The van der Waals surface area contributed by atoms with Crippen LogP contribution in [0.2, 0.25) is 0 Å². The minimum atomic E-state index is -3.66. The van der Waals surface area contributed by atoms with Crippen molar-refractivity contribution in [2.75, 3.05) is 12.3 Å². The summed E-state index contributed by atoms with van der Waals surface area (Å²) in [4.78, 5) is 0.0784. The number of hydrogen-bond donors (Lipinski definition) is 2. The Labute approximate surface area is 114 Å². The van der Waals surface area contributed by atoms with Crippen molar-refractivity contribution in [3.05, 3.63) is 23.0 Å². The molecule has 0 amide bonds. The molecule has 1 aromatic carbocycles. The fourth-order valence-electron chi connectivity index (χ4n) is 1.81. The largest absolute Gasteiger partial charge is 0.396 e. The van der Waals surface area contributed by atoms with Crippen molar-refractivity contribution in [2.24, 2.45) is 5.92 Å². The first kappa shape index (κ1) is 15.9. The second kappa shape index (κ2) is 5.88. The van der Waals surface area contributed by atoms with Gasteiger partial charge in [-0.3, -0.25) is 0 Å². The van der Waals surface area contributed by atoms with Crippen LogP contribution in [0.3, 0.4) is 0 Å². The lowest BCUT2D eigenvalue weighted by atomic mass is 10.1. The van der Waals surface area contributed by atoms with E-state index in [0.717, 1.165) is 12.5 Å². The molecule has 1 aromatic rings. The zero-order valence-electron chi connectivity index (χ0n) is 11.7. The summed E-state index contributed by atoms with van der Waals surface area (Å²) in [5, 5.41) is 0. The average molecular weight is 288 g/mol. The summed E-state index contributed by atoms with van der Waals surface area (Å²) < 4.78 is 40.5. The molecule has 4 nitrogen and oxygen atoms in total. The van der Waals surface area contributed by atoms with Crippen LogP contribution in [0.15, 0.2) is 11.0 Å². The highest BCUT2D eigenvalue weighted by atomic mass is 32.2. The van der Waals surface area contributed by atoms with E-state index in [0.29, 0.717) is 12.1 Å². The predicted molar refractivity (Wildman–Crippen MR) is 74.9 cm³/mol. The molecule has 0 spiro atoms. The molecule has 1 atom stereocenters. The van der Waals surface area contributed by atoms with Gasteiger partial charge in [-0.15, -0.1) is 0 Å². The summed E-state index contributed by atoms with van der Waals surface area (Å²) in [7, 11) is -3.66. The van der Waals surface area contributed by atoms with Gasteiger partial charge in [-0.25, -0.2) is 17.5 Å². The van der Waals surface area contributed by atoms with E-state index >= 15 is 0 Å². The van der Waals surface area contributed by atoms with Gasteiger partial charge in [0.15, 0.2) is 0 Å². The van der Waals surface area contributed by atoms with Gasteiger partial charge in [0, 0.05) is 6.54 Å². The molecule has 3 N–H and O–H groups in total. The molecule has 1 unspecified atom stereocenters. The van der Waals surface area contributed by atoms with Crippen LogP contribution in [0.5, 0.6) is 0 Å². The molecular formula is C13H21FN2O2S. The third kappa shape index (κ3) is 3.45. The van der Waals surface area contributed by atoms with Crippen molar-refractivity contribution >= 4 is 15.7 Å². The number of hydrogen-bond acceptors (Lipinski definition) is 3. The van der Waals surface area contributed by atoms with E-state index in [4.69, 9.17) is 5.73 Å². The average Bonchev–Trinajstić information content (AvgIpc) is 2.33. The van der Waals surface area contributed by atoms with E-state index in [1.807, 2.05) is 13.8 Å². The third-order valence-corrected chi connectivity index (χ3v) is 5.00. The highest BCUT2D eigenvalue weighted by Gasteiger charge is 2.23. The maximum atomic E-state index is 13.4. The molecule has 0 saturated heterocycles. The van der Waals surface area contributed by atoms with Crippen LogP contribution in [0.4, 0.5) is 10.1 Å². The van der Waals surface area contributed by atoms with Gasteiger partial charge in [-0.05, 0) is 37.0 Å². The highest BCUT2D eigenvalue weighted by Crippen LogP contribution is 2.27. The first-order valence-electron chi connectivity index (χ1n) is 6.25. The molecule has 0 saturated carbocycles. The molecule has 0 aliphatic heterocycles. The molecule has 0 radical (unpaired) electrons. The molecule has 108 valence electrons. The number of aryl methyl sites for hydroxylation is 1. The minimum Gasteiger partial charge on any atom is -0.396 e. The van der Waals surface area contributed by atoms with Crippen LogP contribution < -0.4 is 10.5 Å². The topological polar surface area (TPSA) is 72.2 Å². The minimum absolute atomic E-state index is 0.0784. The number of anilines is 1. The van der Waals surface area contributed by atoms with Gasteiger partial charge in [0.05, 0.1) is 10.6 Å². The summed E-state index contributed by atoms with van der Waals surface area (Å²) in [5.74, 6) is -0.343. The normalized spacial score (nSPS) is 13.5. The van der Waals surface area contributed by atoms with Crippen molar-refractivity contribution in [2.45, 2.75) is 39.0 Å². The van der Waals surface area contributed by atoms with Gasteiger partial charge in [0.2, 0.25) is 10.0 Å². The zero-order chi connectivity index (χ0) is 14.8. The van der Waals surface area contributed by atoms with Crippen LogP contribution in [-0.4, -0.2) is 15.0 Å². The molecule has 19 heavy (non-hydrogen) atoms. The molecule has 0 aliphatic carbocycles. The monoisotopic (exact) mass is 288 g/mol. The third-order valence-electron chi connectivity index (χ3n) is 3.29. The molecule has 0 bridgehead atoms. The molecular weight excluding hydrogens is 267 g/mol. The molecule has 1 rings (SSSR count). The Morgan fingerprint density at radius 1 is 1.42 bits per heavy atom. The van der Waals surface area contributed by atoms with Crippen molar-refractivity contribution < 1.29 is 12.8 Å². The van der Waals surface area contributed by atoms with Crippen LogP contribution in [0, 0.1) is 25.6 Å². The Kier molecular flexibility index (Phi) is 4.92. The summed E-state index contributed by atoms with van der Waals surface area (Å²) in [6.07, 6.45) is 0.881. The van der Waals surface area contributed by atoms with E-state index in [1.54, 1.807) is 6.92 Å². The van der Waals surface area contributed by atoms with E-state index in [9.17, 15) is 12.8 Å². The summed E-state index contributed by atoms with van der Waals surface area (Å²) >= 11 is 0. The lowest BCUT2D eigenvalue weighted by Crippen LogP contribution is -2.29. The Hall–Kier alpha value is -1.14. The Morgan fingerprint density at radius 2 is 2.00 bits per heavy atom. The maximum Gasteiger partial charge on any atom is 0.241 e. The van der Waals surface area contributed by atoms with E-state index in [-0.39, 0.29) is 22.1 Å². The Balaban J connectivity index is 3.19. The number of benzene rings is 1. The summed E-state index contributed by atoms with van der Waals surface area (Å²) in [5.41, 5.74) is 6.07. The number of rotatable bonds is 5. The highest BCUT2D eigenvalue weighted by molar-refractivity contribution is 7.89. The second-order valence-electron chi connectivity index (χ2n) is 4.91. The Bertz CT molecular complexity index is 570. The molecule has 0 fully saturated rings. The molecule has 0 aliphatic rings. The lowest BCUT2D eigenvalue weighted by Gasteiger charge is -2.16. The molecule has 6 heteroatoms. The molecule has 0 heterocycles. The van der Waals surface area contributed by atoms with Gasteiger partial charge in [-0.2, -0.15) is 0 Å². The first-order valence-corrected chi connectivity index (χ1v) is 7.73. The summed E-state index contributed by atoms with van der Waals surface area (Å²) in [6.45, 7) is 7.39. The second-order valence-corrected chi connectivity index (χ2v) is 6.61. The van der Waals surface area contributed by atoms with Crippen molar-refractivity contribution in [1.82, 2.24) is 4.72 Å². The lowest BCUT2D eigenvalue weighted by molar-refractivity contribution is 0.527. The van der Waals surface area contributed by atoms with Crippen LogP contribution in [-0.2, 0) is 10.0 Å². The maximum absolute atomic E-state index is 13.4. The summed E-state index contributed by atoms with van der Waals surface area (Å²) in [6, 6.07) is 1.15. The van der Waals surface area contributed by atoms with E-state index < -0.39 is 15.8 Å². The zero-order valence-corrected chi connectivity index (χ0v) is 12.6. The van der Waals surface area contributed by atoms with Crippen molar-refractivity contribution in [3.8, 4) is 0 Å². The first-order chi connectivity index (χ1) is 8.70. The van der Waals surface area contributed by atoms with Gasteiger partial charge in [0.25, 0.3) is 0 Å². The Morgan fingerprint density at radius 3 is 2.53 bits per heavy atom. The number of halogens is 1. The smallest absolute Gasteiger partial charge is 0.241 e. The quantitative estimate of drug-likeness (QED) is 0.817.